The van der Waals surface area contributed by atoms with Gasteiger partial charge in [0.25, 0.3) is 5.91 Å². The first-order chi connectivity index (χ1) is 12.2. The molecule has 0 bridgehead atoms. The van der Waals surface area contributed by atoms with Gasteiger partial charge in [0.15, 0.2) is 5.69 Å². The number of aromatic nitrogens is 2. The minimum atomic E-state index is 0.0596. The van der Waals surface area contributed by atoms with Crippen LogP contribution >= 0.6 is 11.6 Å². The Hall–Kier alpha value is -2.01. The van der Waals surface area contributed by atoms with E-state index in [1.807, 2.05) is 29.2 Å². The van der Waals surface area contributed by atoms with E-state index in [9.17, 15) is 4.79 Å². The highest BCUT2D eigenvalue weighted by atomic mass is 35.5. The van der Waals surface area contributed by atoms with E-state index in [0.717, 1.165) is 49.1 Å². The minimum Gasteiger partial charge on any atom is -0.490 e. The molecule has 5 nitrogen and oxygen atoms in total. The zero-order chi connectivity index (χ0) is 17.2. The van der Waals surface area contributed by atoms with Crippen molar-refractivity contribution in [3.63, 3.8) is 0 Å². The molecule has 6 heteroatoms. The molecule has 0 saturated carbocycles. The first-order valence-electron chi connectivity index (χ1n) is 8.98. The molecule has 25 heavy (non-hydrogen) atoms. The van der Waals surface area contributed by atoms with Gasteiger partial charge in [0.1, 0.15) is 11.9 Å². The Balaban J connectivity index is 1.36. The molecule has 132 valence electrons. The number of nitrogens with zero attached hydrogens (tertiary/aromatic N) is 2. The maximum atomic E-state index is 12.8. The number of likely N-dealkylation sites (tertiary alicyclic amines) is 1. The van der Waals surface area contributed by atoms with Crippen LogP contribution in [0.3, 0.4) is 0 Å². The minimum absolute atomic E-state index is 0.0596. The van der Waals surface area contributed by atoms with Crippen LogP contribution in [-0.4, -0.2) is 40.2 Å². The number of aromatic amines is 1. The smallest absolute Gasteiger partial charge is 0.274 e. The van der Waals surface area contributed by atoms with Crippen molar-refractivity contribution in [2.45, 2.75) is 44.6 Å². The quantitative estimate of drug-likeness (QED) is 0.910. The van der Waals surface area contributed by atoms with Crippen LogP contribution in [0.2, 0.25) is 5.02 Å². The zero-order valence-electron chi connectivity index (χ0n) is 14.1. The zero-order valence-corrected chi connectivity index (χ0v) is 14.9. The Kier molecular flexibility index (Phi) is 4.66. The summed E-state index contributed by atoms with van der Waals surface area (Å²) in [4.78, 5) is 14.7. The Bertz CT molecular complexity index is 749. The molecule has 1 saturated heterocycles. The number of carbonyl (C=O) groups is 1. The third-order valence-electron chi connectivity index (χ3n) is 5.10. The fraction of sp³-hybridized carbons (Fsp3) is 0.474. The number of hydrogen-bond donors (Lipinski definition) is 1. The Morgan fingerprint density at radius 1 is 1.16 bits per heavy atom. The fourth-order valence-corrected chi connectivity index (χ4v) is 3.82. The van der Waals surface area contributed by atoms with Crippen LogP contribution in [0.25, 0.3) is 0 Å². The van der Waals surface area contributed by atoms with E-state index in [1.165, 1.54) is 6.42 Å². The molecule has 1 aliphatic heterocycles. The number of ether oxygens (including phenoxy) is 1. The number of piperidine rings is 1. The highest BCUT2D eigenvalue weighted by Gasteiger charge is 2.29. The lowest BCUT2D eigenvalue weighted by atomic mass is 9.95. The Labute approximate surface area is 152 Å². The van der Waals surface area contributed by atoms with Crippen LogP contribution in [0, 0.1) is 0 Å². The van der Waals surface area contributed by atoms with E-state index in [2.05, 4.69) is 10.2 Å². The predicted octanol–water partition coefficient (Wildman–Crippen LogP) is 3.63. The van der Waals surface area contributed by atoms with E-state index in [1.54, 1.807) is 0 Å². The van der Waals surface area contributed by atoms with Gasteiger partial charge in [-0.05, 0) is 49.9 Å². The summed E-state index contributed by atoms with van der Waals surface area (Å²) in [6.45, 7) is 1.41. The fourth-order valence-electron chi connectivity index (χ4n) is 3.69. The number of H-pyrrole nitrogens is 1. The van der Waals surface area contributed by atoms with Gasteiger partial charge in [-0.3, -0.25) is 9.89 Å². The molecule has 1 fully saturated rings. The molecule has 2 aliphatic rings. The average Bonchev–Trinajstić information content (AvgIpc) is 3.08. The summed E-state index contributed by atoms with van der Waals surface area (Å²) < 4.78 is 6.00. The van der Waals surface area contributed by atoms with Crippen LogP contribution in [0.5, 0.6) is 5.75 Å². The molecular formula is C19H22ClN3O2. The SMILES string of the molecule is O=C(c1n[nH]c2c1CCCC2)N1CCC(Oc2ccc(Cl)cc2)CC1. The molecule has 1 aliphatic carbocycles. The van der Waals surface area contributed by atoms with Crippen molar-refractivity contribution in [2.75, 3.05) is 13.1 Å². The van der Waals surface area contributed by atoms with Gasteiger partial charge in [-0.15, -0.1) is 0 Å². The number of benzene rings is 1. The number of carbonyl (C=O) groups excluding carboxylic acids is 1. The first kappa shape index (κ1) is 16.5. The highest BCUT2D eigenvalue weighted by molar-refractivity contribution is 6.30. The van der Waals surface area contributed by atoms with Crippen molar-refractivity contribution in [3.05, 3.63) is 46.2 Å². The average molecular weight is 360 g/mol. The second-order valence-electron chi connectivity index (χ2n) is 6.80. The summed E-state index contributed by atoms with van der Waals surface area (Å²) in [5.74, 6) is 0.889. The molecule has 0 unspecified atom stereocenters. The summed E-state index contributed by atoms with van der Waals surface area (Å²) in [5.41, 5.74) is 2.91. The number of aryl methyl sites for hydroxylation is 1. The van der Waals surface area contributed by atoms with E-state index in [4.69, 9.17) is 16.3 Å². The largest absolute Gasteiger partial charge is 0.490 e. The van der Waals surface area contributed by atoms with Gasteiger partial charge in [0, 0.05) is 42.2 Å². The van der Waals surface area contributed by atoms with Gasteiger partial charge in [0.05, 0.1) is 0 Å². The van der Waals surface area contributed by atoms with Gasteiger partial charge < -0.3 is 9.64 Å². The number of nitrogens with one attached hydrogen (secondary N) is 1. The maximum absolute atomic E-state index is 12.8. The maximum Gasteiger partial charge on any atom is 0.274 e. The first-order valence-corrected chi connectivity index (χ1v) is 9.36. The van der Waals surface area contributed by atoms with Gasteiger partial charge in [0.2, 0.25) is 0 Å². The van der Waals surface area contributed by atoms with Crippen molar-refractivity contribution in [1.29, 1.82) is 0 Å². The molecule has 0 radical (unpaired) electrons. The topological polar surface area (TPSA) is 58.2 Å². The van der Waals surface area contributed by atoms with Crippen molar-refractivity contribution in [2.24, 2.45) is 0 Å². The van der Waals surface area contributed by atoms with Gasteiger partial charge in [-0.2, -0.15) is 5.10 Å². The third-order valence-corrected chi connectivity index (χ3v) is 5.36. The normalized spacial score (nSPS) is 18.0. The number of fused-ring (bicyclic) bond motifs is 1. The molecule has 1 N–H and O–H groups in total. The molecule has 4 rings (SSSR count). The van der Waals surface area contributed by atoms with Gasteiger partial charge in [-0.25, -0.2) is 0 Å². The van der Waals surface area contributed by atoms with E-state index in [0.29, 0.717) is 23.8 Å². The van der Waals surface area contributed by atoms with Crippen molar-refractivity contribution >= 4 is 17.5 Å². The van der Waals surface area contributed by atoms with Crippen LogP contribution < -0.4 is 4.74 Å². The third kappa shape index (κ3) is 3.52. The highest BCUT2D eigenvalue weighted by Crippen LogP contribution is 2.25. The lowest BCUT2D eigenvalue weighted by Gasteiger charge is -2.32. The van der Waals surface area contributed by atoms with Crippen molar-refractivity contribution in [3.8, 4) is 5.75 Å². The number of amides is 1. The summed E-state index contributed by atoms with van der Waals surface area (Å²) in [7, 11) is 0. The molecule has 1 aromatic carbocycles. The lowest BCUT2D eigenvalue weighted by Crippen LogP contribution is -2.42. The molecule has 2 aromatic rings. The lowest BCUT2D eigenvalue weighted by molar-refractivity contribution is 0.0589. The summed E-state index contributed by atoms with van der Waals surface area (Å²) in [5, 5.41) is 8.07. The molecular weight excluding hydrogens is 338 g/mol. The Morgan fingerprint density at radius 3 is 2.64 bits per heavy atom. The second kappa shape index (κ2) is 7.08. The summed E-state index contributed by atoms with van der Waals surface area (Å²) >= 11 is 5.90. The monoisotopic (exact) mass is 359 g/mol. The Morgan fingerprint density at radius 2 is 1.88 bits per heavy atom. The van der Waals surface area contributed by atoms with Crippen LogP contribution in [0.15, 0.2) is 24.3 Å². The van der Waals surface area contributed by atoms with E-state index >= 15 is 0 Å². The molecule has 1 amide bonds. The van der Waals surface area contributed by atoms with E-state index < -0.39 is 0 Å². The van der Waals surface area contributed by atoms with Crippen molar-refractivity contribution in [1.82, 2.24) is 15.1 Å². The van der Waals surface area contributed by atoms with Gasteiger partial charge in [-0.1, -0.05) is 11.6 Å². The van der Waals surface area contributed by atoms with Crippen molar-refractivity contribution < 1.29 is 9.53 Å². The number of hydrogen-bond acceptors (Lipinski definition) is 3. The molecule has 2 heterocycles. The molecule has 0 spiro atoms. The summed E-state index contributed by atoms with van der Waals surface area (Å²) in [6.07, 6.45) is 6.09. The second-order valence-corrected chi connectivity index (χ2v) is 7.24. The van der Waals surface area contributed by atoms with Gasteiger partial charge >= 0.3 is 0 Å². The summed E-state index contributed by atoms with van der Waals surface area (Å²) in [6, 6.07) is 7.43. The molecule has 0 atom stereocenters. The molecule has 1 aromatic heterocycles. The van der Waals surface area contributed by atoms with Crippen LogP contribution in [-0.2, 0) is 12.8 Å². The predicted molar refractivity (Wildman–Crippen MR) is 96.2 cm³/mol. The van der Waals surface area contributed by atoms with Crippen LogP contribution in [0.4, 0.5) is 0 Å². The van der Waals surface area contributed by atoms with Crippen LogP contribution in [0.1, 0.15) is 47.4 Å². The standard InChI is InChI=1S/C19H22ClN3O2/c20-13-5-7-14(8-6-13)25-15-9-11-23(12-10-15)19(24)18-16-3-1-2-4-17(16)21-22-18/h5-8,15H,1-4,9-12H2,(H,21,22). The number of rotatable bonds is 3. The number of halogens is 1. The van der Waals surface area contributed by atoms with E-state index in [-0.39, 0.29) is 12.0 Å².